The summed E-state index contributed by atoms with van der Waals surface area (Å²) < 4.78 is 53.6. The number of hydrogen-bond donors (Lipinski definition) is 3. The number of H-pyrrole nitrogens is 1. The van der Waals surface area contributed by atoms with Gasteiger partial charge < -0.3 is 10.5 Å². The van der Waals surface area contributed by atoms with E-state index in [4.69, 9.17) is 24.1 Å². The van der Waals surface area contributed by atoms with Crippen molar-refractivity contribution < 1.29 is 31.3 Å². The number of aromatic amines is 1. The predicted octanol–water partition coefficient (Wildman–Crippen LogP) is -0.907. The molecule has 2 aromatic rings. The highest BCUT2D eigenvalue weighted by molar-refractivity contribution is 7.84. The molecule has 160 valence electrons. The fourth-order valence-corrected chi connectivity index (χ4v) is 3.89. The second kappa shape index (κ2) is 8.02. The van der Waals surface area contributed by atoms with Crippen molar-refractivity contribution in [2.75, 3.05) is 26.4 Å². The SMILES string of the molecule is CC1C(OS(=O)(=O)N(C)C)[C@H](n2cnc3c(=O)[nH]c(N)nc32)O[C@@H]1CO[P+](=O)O. The van der Waals surface area contributed by atoms with Crippen LogP contribution in [0.25, 0.3) is 11.2 Å². The predicted molar refractivity (Wildman–Crippen MR) is 98.9 cm³/mol. The summed E-state index contributed by atoms with van der Waals surface area (Å²) in [6.45, 7) is 1.36. The first kappa shape index (κ1) is 21.7. The number of nitrogens with two attached hydrogens (primary N) is 1. The van der Waals surface area contributed by atoms with Crippen molar-refractivity contribution in [3.8, 4) is 0 Å². The summed E-state index contributed by atoms with van der Waals surface area (Å²) in [5, 5.41) is 0. The lowest BCUT2D eigenvalue weighted by molar-refractivity contribution is -0.0414. The van der Waals surface area contributed by atoms with E-state index in [9.17, 15) is 17.8 Å². The Bertz CT molecular complexity index is 1080. The van der Waals surface area contributed by atoms with E-state index >= 15 is 0 Å². The van der Waals surface area contributed by atoms with E-state index in [1.807, 2.05) is 0 Å². The highest BCUT2D eigenvalue weighted by Crippen LogP contribution is 2.39. The van der Waals surface area contributed by atoms with Gasteiger partial charge in [0, 0.05) is 24.6 Å². The number of aromatic nitrogens is 4. The molecule has 0 spiro atoms. The number of fused-ring (bicyclic) bond motifs is 1. The van der Waals surface area contributed by atoms with Gasteiger partial charge in [0.2, 0.25) is 5.95 Å². The molecule has 1 fully saturated rings. The molecule has 1 aliphatic heterocycles. The van der Waals surface area contributed by atoms with Gasteiger partial charge in [-0.3, -0.25) is 14.3 Å². The molecule has 0 radical (unpaired) electrons. The van der Waals surface area contributed by atoms with Crippen molar-refractivity contribution in [2.45, 2.75) is 25.4 Å². The third-order valence-electron chi connectivity index (χ3n) is 4.45. The molecule has 5 atom stereocenters. The van der Waals surface area contributed by atoms with Gasteiger partial charge >= 0.3 is 18.6 Å². The van der Waals surface area contributed by atoms with Crippen LogP contribution >= 0.6 is 8.25 Å². The van der Waals surface area contributed by atoms with Crippen LogP contribution in [0, 0.1) is 5.92 Å². The molecule has 0 amide bonds. The maximum Gasteiger partial charge on any atom is 0.694 e. The standard InChI is InChI=1S/C13H19N6O8PS/c1-6-7(4-25-28(21)22)26-12(9(6)27-29(23,24)18(2)3)19-5-15-8-10(19)16-13(14)17-11(8)20/h5-7,9,12H,4H2,1-3H3,(H3-,14,16,17,20,21,22)/p+1/t6?,7-,9?,12-/m1/s1. The molecule has 3 unspecified atom stereocenters. The van der Waals surface area contributed by atoms with E-state index in [-0.39, 0.29) is 23.7 Å². The highest BCUT2D eigenvalue weighted by Gasteiger charge is 2.48. The van der Waals surface area contributed by atoms with Crippen molar-refractivity contribution in [3.63, 3.8) is 0 Å². The molecular formula is C13H20N6O8PS+. The summed E-state index contributed by atoms with van der Waals surface area (Å²) in [5.41, 5.74) is 5.06. The van der Waals surface area contributed by atoms with Gasteiger partial charge in [-0.2, -0.15) is 17.7 Å². The summed E-state index contributed by atoms with van der Waals surface area (Å²) >= 11 is 0. The molecule has 3 heterocycles. The van der Waals surface area contributed by atoms with Gasteiger partial charge in [-0.05, 0) is 0 Å². The lowest BCUT2D eigenvalue weighted by atomic mass is 10.0. The van der Waals surface area contributed by atoms with E-state index < -0.39 is 48.5 Å². The zero-order valence-corrected chi connectivity index (χ0v) is 17.3. The van der Waals surface area contributed by atoms with E-state index in [0.29, 0.717) is 0 Å². The molecule has 4 N–H and O–H groups in total. The first-order chi connectivity index (χ1) is 13.5. The summed E-state index contributed by atoms with van der Waals surface area (Å²) in [4.78, 5) is 31.3. The fourth-order valence-electron chi connectivity index (χ4n) is 2.89. The number of nitrogen functional groups attached to an aromatic ring is 1. The van der Waals surface area contributed by atoms with Gasteiger partial charge in [-0.15, -0.1) is 9.42 Å². The maximum absolute atomic E-state index is 12.3. The van der Waals surface area contributed by atoms with E-state index in [2.05, 4.69) is 15.0 Å². The topological polar surface area (TPSA) is 192 Å². The highest BCUT2D eigenvalue weighted by atomic mass is 32.2. The monoisotopic (exact) mass is 451 g/mol. The largest absolute Gasteiger partial charge is 0.694 e. The molecule has 14 nitrogen and oxygen atoms in total. The van der Waals surface area contributed by atoms with Crippen molar-refractivity contribution in [2.24, 2.45) is 5.92 Å². The summed E-state index contributed by atoms with van der Waals surface area (Å²) in [6.07, 6.45) is -1.70. The van der Waals surface area contributed by atoms with Crippen molar-refractivity contribution in [3.05, 3.63) is 16.7 Å². The molecule has 0 bridgehead atoms. The Hall–Kier alpha value is -2.00. The Kier molecular flexibility index (Phi) is 6.01. The minimum absolute atomic E-state index is 0.0252. The molecule has 29 heavy (non-hydrogen) atoms. The Morgan fingerprint density at radius 2 is 2.17 bits per heavy atom. The normalized spacial score (nSPS) is 25.8. The van der Waals surface area contributed by atoms with Gasteiger partial charge in [0.05, 0.1) is 12.4 Å². The number of rotatable bonds is 7. The molecule has 0 saturated carbocycles. The number of hydrogen-bond acceptors (Lipinski definition) is 10. The van der Waals surface area contributed by atoms with Gasteiger partial charge in [-0.25, -0.2) is 9.17 Å². The zero-order valence-electron chi connectivity index (χ0n) is 15.6. The Labute approximate surface area is 165 Å². The third-order valence-corrected chi connectivity index (χ3v) is 6.18. The van der Waals surface area contributed by atoms with Crippen molar-refractivity contribution in [1.29, 1.82) is 0 Å². The summed E-state index contributed by atoms with van der Waals surface area (Å²) in [7, 11) is -4.37. The molecule has 1 aliphatic rings. The van der Waals surface area contributed by atoms with Crippen LogP contribution in [0.15, 0.2) is 11.1 Å². The van der Waals surface area contributed by atoms with Crippen LogP contribution in [-0.4, -0.2) is 70.0 Å². The fraction of sp³-hybridized carbons (Fsp3) is 0.615. The Balaban J connectivity index is 2.03. The van der Waals surface area contributed by atoms with Crippen LogP contribution in [-0.2, 0) is 28.3 Å². The van der Waals surface area contributed by atoms with Crippen LogP contribution in [0.4, 0.5) is 5.95 Å². The van der Waals surface area contributed by atoms with Crippen LogP contribution in [0.3, 0.4) is 0 Å². The van der Waals surface area contributed by atoms with Crippen LogP contribution in [0.5, 0.6) is 0 Å². The Morgan fingerprint density at radius 1 is 1.48 bits per heavy atom. The zero-order chi connectivity index (χ0) is 21.5. The maximum atomic E-state index is 12.3. The average Bonchev–Trinajstić information content (AvgIpc) is 3.15. The summed E-state index contributed by atoms with van der Waals surface area (Å²) in [5.74, 6) is -0.743. The quantitative estimate of drug-likeness (QED) is 0.442. The minimum Gasteiger partial charge on any atom is -0.369 e. The van der Waals surface area contributed by atoms with Gasteiger partial charge in [0.1, 0.15) is 12.7 Å². The summed E-state index contributed by atoms with van der Waals surface area (Å²) in [6, 6.07) is 0. The van der Waals surface area contributed by atoms with Crippen molar-refractivity contribution >= 4 is 35.7 Å². The average molecular weight is 451 g/mol. The first-order valence-electron chi connectivity index (χ1n) is 8.29. The van der Waals surface area contributed by atoms with Crippen molar-refractivity contribution in [1.82, 2.24) is 23.8 Å². The van der Waals surface area contributed by atoms with Gasteiger partial charge in [-0.1, -0.05) is 6.92 Å². The molecule has 2 aromatic heterocycles. The van der Waals surface area contributed by atoms with Crippen LogP contribution in [0.1, 0.15) is 13.2 Å². The lowest BCUT2D eigenvalue weighted by Crippen LogP contribution is -2.35. The number of ether oxygens (including phenoxy) is 1. The lowest BCUT2D eigenvalue weighted by Gasteiger charge is -2.23. The molecule has 0 aromatic carbocycles. The molecule has 16 heteroatoms. The third kappa shape index (κ3) is 4.30. The minimum atomic E-state index is -4.10. The van der Waals surface area contributed by atoms with Crippen LogP contribution < -0.4 is 11.3 Å². The van der Waals surface area contributed by atoms with Crippen LogP contribution in [0.2, 0.25) is 0 Å². The smallest absolute Gasteiger partial charge is 0.369 e. The second-order valence-corrected chi connectivity index (χ2v) is 9.05. The van der Waals surface area contributed by atoms with E-state index in [1.165, 1.54) is 25.0 Å². The number of imidazole rings is 1. The number of nitrogens with zero attached hydrogens (tertiary/aromatic N) is 4. The molecular weight excluding hydrogens is 431 g/mol. The molecule has 0 aliphatic carbocycles. The van der Waals surface area contributed by atoms with Gasteiger partial charge in [0.15, 0.2) is 17.4 Å². The second-order valence-electron chi connectivity index (χ2n) is 6.53. The first-order valence-corrected chi connectivity index (χ1v) is 10.8. The number of nitrogens with one attached hydrogen (secondary N) is 1. The molecule has 3 rings (SSSR count). The Morgan fingerprint density at radius 3 is 2.79 bits per heavy atom. The van der Waals surface area contributed by atoms with E-state index in [1.54, 1.807) is 6.92 Å². The van der Waals surface area contributed by atoms with E-state index in [0.717, 1.165) is 4.31 Å². The number of anilines is 1. The van der Waals surface area contributed by atoms with Gasteiger partial charge in [0.25, 0.3) is 5.56 Å². The molecule has 1 saturated heterocycles.